The van der Waals surface area contributed by atoms with E-state index in [0.29, 0.717) is 14.5 Å². The highest BCUT2D eigenvalue weighted by atomic mass is 79.9. The normalized spacial score (nSPS) is 10.4. The Morgan fingerprint density at radius 3 is 3.00 bits per heavy atom. The number of carbonyl (C=O) groups excluding carboxylic acids is 1. The maximum Gasteiger partial charge on any atom is 0.339 e. The van der Waals surface area contributed by atoms with Gasteiger partial charge in [0.05, 0.1) is 5.56 Å². The Bertz CT molecular complexity index is 593. The van der Waals surface area contributed by atoms with Crippen LogP contribution in [0.4, 0.5) is 4.39 Å². The summed E-state index contributed by atoms with van der Waals surface area (Å²) in [5, 5.41) is 3.69. The van der Waals surface area contributed by atoms with Crippen LogP contribution in [-0.4, -0.2) is 15.6 Å². The maximum atomic E-state index is 13.0. The molecule has 1 heterocycles. The Balaban J connectivity index is 2.08. The number of hydrogen-bond acceptors (Lipinski definition) is 5. The number of nitrogens with zero attached hydrogens (tertiary/aromatic N) is 2. The summed E-state index contributed by atoms with van der Waals surface area (Å²) in [6.07, 6.45) is 0. The highest BCUT2D eigenvalue weighted by molar-refractivity contribution is 9.10. The fourth-order valence-electron chi connectivity index (χ4n) is 1.15. The molecule has 8 heteroatoms. The van der Waals surface area contributed by atoms with Gasteiger partial charge < -0.3 is 4.74 Å². The molecule has 0 amide bonds. The molecule has 0 saturated carbocycles. The van der Waals surface area contributed by atoms with Gasteiger partial charge in [0.15, 0.2) is 0 Å². The SMILES string of the molecule is O=C(OCc1nnsc1Cl)c1cc(F)ccc1Br. The van der Waals surface area contributed by atoms with Crippen molar-refractivity contribution >= 4 is 45.0 Å². The Morgan fingerprint density at radius 1 is 1.56 bits per heavy atom. The second-order valence-electron chi connectivity index (χ2n) is 3.19. The van der Waals surface area contributed by atoms with Crippen molar-refractivity contribution in [3.63, 3.8) is 0 Å². The number of hydrogen-bond donors (Lipinski definition) is 0. The van der Waals surface area contributed by atoms with Crippen molar-refractivity contribution in [2.75, 3.05) is 0 Å². The first-order valence-corrected chi connectivity index (χ1v) is 6.61. The lowest BCUT2D eigenvalue weighted by atomic mass is 10.2. The van der Waals surface area contributed by atoms with Crippen LogP contribution in [0.25, 0.3) is 0 Å². The van der Waals surface area contributed by atoms with Crippen LogP contribution in [0, 0.1) is 5.82 Å². The van der Waals surface area contributed by atoms with Gasteiger partial charge in [-0.1, -0.05) is 16.1 Å². The summed E-state index contributed by atoms with van der Waals surface area (Å²) in [6, 6.07) is 3.76. The molecular weight excluding hydrogens is 347 g/mol. The van der Waals surface area contributed by atoms with E-state index in [4.69, 9.17) is 16.3 Å². The molecule has 0 fully saturated rings. The third-order valence-corrected chi connectivity index (χ3v) is 3.67. The Hall–Kier alpha value is -1.05. The predicted molar refractivity (Wildman–Crippen MR) is 68.1 cm³/mol. The first-order valence-electron chi connectivity index (χ1n) is 4.67. The summed E-state index contributed by atoms with van der Waals surface area (Å²) in [4.78, 5) is 11.7. The highest BCUT2D eigenvalue weighted by Gasteiger charge is 2.14. The van der Waals surface area contributed by atoms with Crippen LogP contribution in [0.15, 0.2) is 22.7 Å². The third-order valence-electron chi connectivity index (χ3n) is 2.00. The summed E-state index contributed by atoms with van der Waals surface area (Å²) in [5.74, 6) is -1.18. The van der Waals surface area contributed by atoms with Crippen molar-refractivity contribution in [1.82, 2.24) is 9.59 Å². The molecule has 0 spiro atoms. The summed E-state index contributed by atoms with van der Waals surface area (Å²) >= 11 is 9.90. The van der Waals surface area contributed by atoms with E-state index in [9.17, 15) is 9.18 Å². The summed E-state index contributed by atoms with van der Waals surface area (Å²) in [6.45, 7) is -0.100. The number of ether oxygens (including phenoxy) is 1. The lowest BCUT2D eigenvalue weighted by molar-refractivity contribution is 0.0466. The quantitative estimate of drug-likeness (QED) is 0.795. The number of rotatable bonds is 3. The molecule has 4 nitrogen and oxygen atoms in total. The second kappa shape index (κ2) is 5.73. The molecule has 0 N–H and O–H groups in total. The first-order chi connectivity index (χ1) is 8.58. The van der Waals surface area contributed by atoms with E-state index < -0.39 is 11.8 Å². The van der Waals surface area contributed by atoms with Crippen molar-refractivity contribution in [2.24, 2.45) is 0 Å². The molecule has 2 rings (SSSR count). The lowest BCUT2D eigenvalue weighted by Gasteiger charge is -2.05. The number of halogens is 3. The van der Waals surface area contributed by atoms with Gasteiger partial charge in [0.1, 0.15) is 22.5 Å². The van der Waals surface area contributed by atoms with Gasteiger partial charge in [-0.2, -0.15) is 0 Å². The van der Waals surface area contributed by atoms with E-state index in [1.807, 2.05) is 0 Å². The lowest BCUT2D eigenvalue weighted by Crippen LogP contribution is -2.07. The van der Waals surface area contributed by atoms with Crippen LogP contribution >= 0.6 is 39.1 Å². The zero-order valence-electron chi connectivity index (χ0n) is 8.69. The minimum atomic E-state index is -0.662. The summed E-state index contributed by atoms with van der Waals surface area (Å²) in [5.41, 5.74) is 0.483. The van der Waals surface area contributed by atoms with Crippen LogP contribution < -0.4 is 0 Å². The molecule has 94 valence electrons. The monoisotopic (exact) mass is 350 g/mol. The molecule has 0 radical (unpaired) electrons. The highest BCUT2D eigenvalue weighted by Crippen LogP contribution is 2.21. The third kappa shape index (κ3) is 3.04. The van der Waals surface area contributed by atoms with Gasteiger partial charge in [0, 0.05) is 16.0 Å². The topological polar surface area (TPSA) is 52.1 Å². The maximum absolute atomic E-state index is 13.0. The molecular formula is C10H5BrClFN2O2S. The molecule has 2 aromatic rings. The van der Waals surface area contributed by atoms with E-state index >= 15 is 0 Å². The largest absolute Gasteiger partial charge is 0.455 e. The van der Waals surface area contributed by atoms with Crippen LogP contribution in [0.1, 0.15) is 16.1 Å². The molecule has 0 aliphatic heterocycles. The van der Waals surface area contributed by atoms with Gasteiger partial charge in [-0.3, -0.25) is 0 Å². The van der Waals surface area contributed by atoms with E-state index in [0.717, 1.165) is 17.6 Å². The van der Waals surface area contributed by atoms with Gasteiger partial charge in [-0.25, -0.2) is 9.18 Å². The average molecular weight is 352 g/mol. The molecule has 0 bridgehead atoms. The van der Waals surface area contributed by atoms with Crippen LogP contribution in [-0.2, 0) is 11.3 Å². The standard InChI is InChI=1S/C10H5BrClFN2O2S/c11-7-2-1-5(13)3-6(7)10(16)17-4-8-9(12)18-15-14-8/h1-3H,4H2. The van der Waals surface area contributed by atoms with E-state index in [1.165, 1.54) is 12.1 Å². The van der Waals surface area contributed by atoms with Crippen LogP contribution in [0.5, 0.6) is 0 Å². The summed E-state index contributed by atoms with van der Waals surface area (Å²) in [7, 11) is 0. The molecule has 0 saturated heterocycles. The first kappa shape index (κ1) is 13.4. The summed E-state index contributed by atoms with van der Waals surface area (Å²) < 4.78 is 22.4. The van der Waals surface area contributed by atoms with Crippen molar-refractivity contribution < 1.29 is 13.9 Å². The Morgan fingerprint density at radius 2 is 2.33 bits per heavy atom. The number of carbonyl (C=O) groups is 1. The molecule has 18 heavy (non-hydrogen) atoms. The predicted octanol–water partition coefficient (Wildman–Crippen LogP) is 3.45. The van der Waals surface area contributed by atoms with Crippen LogP contribution in [0.2, 0.25) is 4.34 Å². The van der Waals surface area contributed by atoms with Crippen LogP contribution in [0.3, 0.4) is 0 Å². The van der Waals surface area contributed by atoms with Crippen molar-refractivity contribution in [2.45, 2.75) is 6.61 Å². The smallest absolute Gasteiger partial charge is 0.339 e. The second-order valence-corrected chi connectivity index (χ2v) is 5.40. The Kier molecular flexibility index (Phi) is 4.26. The average Bonchev–Trinajstić information content (AvgIpc) is 2.75. The van der Waals surface area contributed by atoms with Gasteiger partial charge in [-0.05, 0) is 34.1 Å². The number of aromatic nitrogens is 2. The van der Waals surface area contributed by atoms with E-state index in [2.05, 4.69) is 25.5 Å². The minimum Gasteiger partial charge on any atom is -0.455 e. The fourth-order valence-corrected chi connectivity index (χ4v) is 2.16. The zero-order chi connectivity index (χ0) is 13.1. The van der Waals surface area contributed by atoms with Gasteiger partial charge in [0.2, 0.25) is 0 Å². The van der Waals surface area contributed by atoms with E-state index in [1.54, 1.807) is 0 Å². The Labute approximate surface area is 119 Å². The fraction of sp³-hybridized carbons (Fsp3) is 0.100. The van der Waals surface area contributed by atoms with Gasteiger partial charge in [-0.15, -0.1) is 5.10 Å². The van der Waals surface area contributed by atoms with Crippen molar-refractivity contribution in [3.8, 4) is 0 Å². The molecule has 0 atom stereocenters. The van der Waals surface area contributed by atoms with E-state index in [-0.39, 0.29) is 12.2 Å². The molecule has 0 aliphatic rings. The molecule has 0 unspecified atom stereocenters. The van der Waals surface area contributed by atoms with Gasteiger partial charge >= 0.3 is 5.97 Å². The molecule has 0 aliphatic carbocycles. The molecule has 1 aromatic heterocycles. The van der Waals surface area contributed by atoms with Crippen molar-refractivity contribution in [3.05, 3.63) is 44.1 Å². The molecule has 1 aromatic carbocycles. The zero-order valence-corrected chi connectivity index (χ0v) is 11.9. The van der Waals surface area contributed by atoms with Crippen molar-refractivity contribution in [1.29, 1.82) is 0 Å². The number of benzene rings is 1. The van der Waals surface area contributed by atoms with Gasteiger partial charge in [0.25, 0.3) is 0 Å². The minimum absolute atomic E-state index is 0.100. The number of esters is 1.